The molecule has 1 N–H and O–H groups in total. The quantitative estimate of drug-likeness (QED) is 0.804. The summed E-state index contributed by atoms with van der Waals surface area (Å²) >= 11 is 3.47. The minimum Gasteiger partial charge on any atom is -0.496 e. The molecule has 0 saturated carbocycles. The first-order valence-corrected chi connectivity index (χ1v) is 7.96. The lowest BCUT2D eigenvalue weighted by atomic mass is 10.0. The molecule has 0 aliphatic heterocycles. The van der Waals surface area contributed by atoms with Gasteiger partial charge in [0.15, 0.2) is 0 Å². The van der Waals surface area contributed by atoms with Gasteiger partial charge in [-0.3, -0.25) is 0 Å². The smallest absolute Gasteiger partial charge is 0.123 e. The molecule has 2 aromatic rings. The molecule has 3 heteroatoms. The second kappa shape index (κ2) is 7.10. The SMILES string of the molecule is COc1cc(C)ccc1C(C)NC(C)c1ccc(Br)cc1. The summed E-state index contributed by atoms with van der Waals surface area (Å²) in [6.07, 6.45) is 0. The Morgan fingerprint density at radius 3 is 2.29 bits per heavy atom. The second-order valence-corrected chi connectivity index (χ2v) is 6.32. The molecule has 0 spiro atoms. The van der Waals surface area contributed by atoms with Gasteiger partial charge in [-0.2, -0.15) is 0 Å². The van der Waals surface area contributed by atoms with Gasteiger partial charge in [0.25, 0.3) is 0 Å². The summed E-state index contributed by atoms with van der Waals surface area (Å²) in [5.41, 5.74) is 3.67. The fourth-order valence-corrected chi connectivity index (χ4v) is 2.75. The molecule has 0 saturated heterocycles. The molecule has 0 aliphatic rings. The third kappa shape index (κ3) is 4.08. The summed E-state index contributed by atoms with van der Waals surface area (Å²) in [6, 6.07) is 15.3. The van der Waals surface area contributed by atoms with Gasteiger partial charge in [-0.05, 0) is 50.1 Å². The number of methoxy groups -OCH3 is 1. The van der Waals surface area contributed by atoms with Gasteiger partial charge < -0.3 is 10.1 Å². The van der Waals surface area contributed by atoms with E-state index >= 15 is 0 Å². The Kier molecular flexibility index (Phi) is 5.43. The van der Waals surface area contributed by atoms with Crippen molar-refractivity contribution in [2.24, 2.45) is 0 Å². The van der Waals surface area contributed by atoms with Crippen LogP contribution in [0.5, 0.6) is 5.75 Å². The van der Waals surface area contributed by atoms with Crippen LogP contribution in [0.25, 0.3) is 0 Å². The Hall–Kier alpha value is -1.32. The highest BCUT2D eigenvalue weighted by Gasteiger charge is 2.14. The van der Waals surface area contributed by atoms with E-state index < -0.39 is 0 Å². The lowest BCUT2D eigenvalue weighted by Gasteiger charge is -2.22. The maximum atomic E-state index is 5.50. The lowest BCUT2D eigenvalue weighted by Crippen LogP contribution is -2.22. The van der Waals surface area contributed by atoms with Crippen molar-refractivity contribution >= 4 is 15.9 Å². The van der Waals surface area contributed by atoms with E-state index in [-0.39, 0.29) is 12.1 Å². The number of rotatable bonds is 5. The van der Waals surface area contributed by atoms with Crippen LogP contribution in [0.3, 0.4) is 0 Å². The molecule has 0 bridgehead atoms. The largest absolute Gasteiger partial charge is 0.496 e. The minimum atomic E-state index is 0.221. The molecule has 0 fully saturated rings. The maximum absolute atomic E-state index is 5.50. The molecule has 2 atom stereocenters. The number of ether oxygens (including phenoxy) is 1. The number of hydrogen-bond donors (Lipinski definition) is 1. The zero-order valence-corrected chi connectivity index (χ0v) is 14.6. The Labute approximate surface area is 135 Å². The van der Waals surface area contributed by atoms with E-state index in [0.29, 0.717) is 0 Å². The Bertz CT molecular complexity index is 595. The summed E-state index contributed by atoms with van der Waals surface area (Å²) in [7, 11) is 1.73. The third-order valence-corrected chi connectivity index (χ3v) is 4.25. The van der Waals surface area contributed by atoms with Gasteiger partial charge in [0.05, 0.1) is 7.11 Å². The maximum Gasteiger partial charge on any atom is 0.123 e. The van der Waals surface area contributed by atoms with Crippen molar-refractivity contribution in [1.82, 2.24) is 5.32 Å². The van der Waals surface area contributed by atoms with Crippen LogP contribution in [0.1, 0.15) is 42.6 Å². The van der Waals surface area contributed by atoms with Crippen LogP contribution in [0.2, 0.25) is 0 Å². The van der Waals surface area contributed by atoms with E-state index in [1.165, 1.54) is 16.7 Å². The summed E-state index contributed by atoms with van der Waals surface area (Å²) in [5, 5.41) is 3.63. The number of benzene rings is 2. The average molecular weight is 348 g/mol. The van der Waals surface area contributed by atoms with Crippen molar-refractivity contribution in [2.75, 3.05) is 7.11 Å². The first-order valence-electron chi connectivity index (χ1n) is 7.17. The van der Waals surface area contributed by atoms with E-state index in [9.17, 15) is 0 Å². The molecule has 0 aromatic heterocycles. The van der Waals surface area contributed by atoms with Crippen LogP contribution in [-0.4, -0.2) is 7.11 Å². The van der Waals surface area contributed by atoms with Crippen molar-refractivity contribution in [3.8, 4) is 5.75 Å². The molecule has 2 nitrogen and oxygen atoms in total. The van der Waals surface area contributed by atoms with Crippen LogP contribution in [0.4, 0.5) is 0 Å². The Balaban J connectivity index is 2.13. The number of nitrogens with one attached hydrogen (secondary N) is 1. The van der Waals surface area contributed by atoms with Gasteiger partial charge in [0.2, 0.25) is 0 Å². The van der Waals surface area contributed by atoms with E-state index in [1.807, 2.05) is 0 Å². The molecule has 2 unspecified atom stereocenters. The molecule has 0 amide bonds. The lowest BCUT2D eigenvalue weighted by molar-refractivity contribution is 0.396. The second-order valence-electron chi connectivity index (χ2n) is 5.41. The fourth-order valence-electron chi connectivity index (χ4n) is 2.49. The van der Waals surface area contributed by atoms with Crippen molar-refractivity contribution in [3.05, 3.63) is 63.6 Å². The molecule has 2 aromatic carbocycles. The van der Waals surface area contributed by atoms with Crippen molar-refractivity contribution in [1.29, 1.82) is 0 Å². The normalized spacial score (nSPS) is 13.8. The Morgan fingerprint density at radius 1 is 1.00 bits per heavy atom. The summed E-state index contributed by atoms with van der Waals surface area (Å²) in [6.45, 7) is 6.43. The molecule has 0 aliphatic carbocycles. The molecule has 0 heterocycles. The number of aryl methyl sites for hydroxylation is 1. The summed E-state index contributed by atoms with van der Waals surface area (Å²) < 4.78 is 6.61. The molecular formula is C18H22BrNO. The average Bonchev–Trinajstić information content (AvgIpc) is 2.47. The van der Waals surface area contributed by atoms with E-state index in [4.69, 9.17) is 4.74 Å². The van der Waals surface area contributed by atoms with Gasteiger partial charge >= 0.3 is 0 Å². The highest BCUT2D eigenvalue weighted by molar-refractivity contribution is 9.10. The molecule has 21 heavy (non-hydrogen) atoms. The van der Waals surface area contributed by atoms with Gasteiger partial charge in [-0.15, -0.1) is 0 Å². The highest BCUT2D eigenvalue weighted by atomic mass is 79.9. The predicted molar refractivity (Wildman–Crippen MR) is 91.8 cm³/mol. The Morgan fingerprint density at radius 2 is 1.67 bits per heavy atom. The standard InChI is InChI=1S/C18H22BrNO/c1-12-5-10-17(18(11-12)21-4)14(3)20-13(2)15-6-8-16(19)9-7-15/h5-11,13-14,20H,1-4H3. The van der Waals surface area contributed by atoms with Crippen LogP contribution in [-0.2, 0) is 0 Å². The van der Waals surface area contributed by atoms with Gasteiger partial charge in [-0.1, -0.05) is 40.2 Å². The first kappa shape index (κ1) is 16.1. The number of hydrogen-bond acceptors (Lipinski definition) is 2. The molecule has 2 rings (SSSR count). The van der Waals surface area contributed by atoms with E-state index in [1.54, 1.807) is 7.11 Å². The van der Waals surface area contributed by atoms with Crippen LogP contribution in [0, 0.1) is 6.92 Å². The predicted octanol–water partition coefficient (Wildman–Crippen LogP) is 5.18. The molecule has 112 valence electrons. The van der Waals surface area contributed by atoms with Crippen molar-refractivity contribution in [2.45, 2.75) is 32.9 Å². The van der Waals surface area contributed by atoms with Gasteiger partial charge in [0.1, 0.15) is 5.75 Å². The van der Waals surface area contributed by atoms with Gasteiger partial charge in [0, 0.05) is 22.1 Å². The zero-order chi connectivity index (χ0) is 15.4. The topological polar surface area (TPSA) is 21.3 Å². The van der Waals surface area contributed by atoms with Crippen LogP contribution >= 0.6 is 15.9 Å². The monoisotopic (exact) mass is 347 g/mol. The number of halogens is 1. The summed E-state index contributed by atoms with van der Waals surface area (Å²) in [5.74, 6) is 0.943. The van der Waals surface area contributed by atoms with Crippen molar-refractivity contribution in [3.63, 3.8) is 0 Å². The molecule has 0 radical (unpaired) electrons. The zero-order valence-electron chi connectivity index (χ0n) is 13.0. The molecular weight excluding hydrogens is 326 g/mol. The highest BCUT2D eigenvalue weighted by Crippen LogP contribution is 2.28. The van der Waals surface area contributed by atoms with E-state index in [0.717, 1.165) is 10.2 Å². The minimum absolute atomic E-state index is 0.221. The van der Waals surface area contributed by atoms with Gasteiger partial charge in [-0.25, -0.2) is 0 Å². The third-order valence-electron chi connectivity index (χ3n) is 3.73. The fraction of sp³-hybridized carbons (Fsp3) is 0.333. The first-order chi connectivity index (χ1) is 10.0. The summed E-state index contributed by atoms with van der Waals surface area (Å²) in [4.78, 5) is 0. The van der Waals surface area contributed by atoms with Crippen LogP contribution in [0.15, 0.2) is 46.9 Å². The van der Waals surface area contributed by atoms with Crippen molar-refractivity contribution < 1.29 is 4.74 Å². The van der Waals surface area contributed by atoms with E-state index in [2.05, 4.69) is 84.5 Å². The van der Waals surface area contributed by atoms with Crippen LogP contribution < -0.4 is 10.1 Å².